The van der Waals surface area contributed by atoms with E-state index in [-0.39, 0.29) is 18.7 Å². The molecule has 4 nitrogen and oxygen atoms in total. The minimum atomic E-state index is -2.84. The number of ether oxygens (including phenoxy) is 1. The number of alkyl halides is 2. The Morgan fingerprint density at radius 3 is 2.68 bits per heavy atom. The third kappa shape index (κ3) is 3.97. The molecule has 0 amide bonds. The number of carboxylic acids is 1. The molecule has 0 radical (unpaired) electrons. The van der Waals surface area contributed by atoms with Crippen LogP contribution in [0.4, 0.5) is 8.78 Å². The van der Waals surface area contributed by atoms with Crippen LogP contribution >= 0.6 is 0 Å². The molecule has 0 aliphatic carbocycles. The predicted molar refractivity (Wildman–Crippen MR) is 64.4 cm³/mol. The number of aromatic carboxylic acids is 1. The highest BCUT2D eigenvalue weighted by atomic mass is 19.3. The number of nitrogens with zero attached hydrogens (tertiary/aromatic N) is 1. The lowest BCUT2D eigenvalue weighted by atomic mass is 10.1. The van der Waals surface area contributed by atoms with Crippen molar-refractivity contribution < 1.29 is 23.4 Å². The highest BCUT2D eigenvalue weighted by molar-refractivity contribution is 5.87. The molecule has 0 saturated carbocycles. The molecule has 19 heavy (non-hydrogen) atoms. The average molecular weight is 271 g/mol. The van der Waals surface area contributed by atoms with Gasteiger partial charge in [-0.3, -0.25) is 4.90 Å². The molecule has 1 aromatic rings. The third-order valence-electron chi connectivity index (χ3n) is 2.93. The van der Waals surface area contributed by atoms with Gasteiger partial charge in [-0.15, -0.1) is 0 Å². The summed E-state index contributed by atoms with van der Waals surface area (Å²) in [7, 11) is 0. The van der Waals surface area contributed by atoms with Crippen molar-refractivity contribution in [2.24, 2.45) is 0 Å². The van der Waals surface area contributed by atoms with E-state index in [9.17, 15) is 13.6 Å². The maximum absolute atomic E-state index is 13.3. The molecule has 1 fully saturated rings. The summed E-state index contributed by atoms with van der Waals surface area (Å²) in [5, 5.41) is 8.78. The quantitative estimate of drug-likeness (QED) is 0.911. The van der Waals surface area contributed by atoms with Crippen LogP contribution in [0.3, 0.4) is 0 Å². The number of hydrogen-bond donors (Lipinski definition) is 1. The second-order valence-electron chi connectivity index (χ2n) is 4.62. The largest absolute Gasteiger partial charge is 0.478 e. The van der Waals surface area contributed by atoms with Crippen LogP contribution < -0.4 is 0 Å². The molecule has 1 heterocycles. The topological polar surface area (TPSA) is 49.8 Å². The van der Waals surface area contributed by atoms with Gasteiger partial charge in [0.05, 0.1) is 18.7 Å². The van der Waals surface area contributed by atoms with Gasteiger partial charge >= 0.3 is 5.97 Å². The van der Waals surface area contributed by atoms with Crippen LogP contribution in [0.1, 0.15) is 15.9 Å². The standard InChI is InChI=1S/C13H15F2NO3/c14-13(15)8-16(5-6-19-9-13)7-10-1-3-11(4-2-10)12(17)18/h1-4H,5-9H2,(H,17,18). The van der Waals surface area contributed by atoms with E-state index in [4.69, 9.17) is 9.84 Å². The predicted octanol–water partition coefficient (Wildman–Crippen LogP) is 1.85. The van der Waals surface area contributed by atoms with Crippen molar-refractivity contribution in [3.63, 3.8) is 0 Å². The number of carboxylic acid groups (broad SMARTS) is 1. The van der Waals surface area contributed by atoms with Gasteiger partial charge in [0.15, 0.2) is 0 Å². The van der Waals surface area contributed by atoms with Crippen molar-refractivity contribution in [2.45, 2.75) is 12.5 Å². The molecule has 1 N–H and O–H groups in total. The average Bonchev–Trinajstić information content (AvgIpc) is 2.50. The summed E-state index contributed by atoms with van der Waals surface area (Å²) < 4.78 is 31.5. The summed E-state index contributed by atoms with van der Waals surface area (Å²) in [6.07, 6.45) is 0. The number of halogens is 2. The zero-order valence-corrected chi connectivity index (χ0v) is 10.3. The fraction of sp³-hybridized carbons (Fsp3) is 0.462. The minimum Gasteiger partial charge on any atom is -0.478 e. The second-order valence-corrected chi connectivity index (χ2v) is 4.62. The zero-order valence-electron chi connectivity index (χ0n) is 10.3. The Morgan fingerprint density at radius 1 is 1.37 bits per heavy atom. The monoisotopic (exact) mass is 271 g/mol. The van der Waals surface area contributed by atoms with Crippen LogP contribution in [0.25, 0.3) is 0 Å². The van der Waals surface area contributed by atoms with Crippen molar-refractivity contribution in [2.75, 3.05) is 26.3 Å². The van der Waals surface area contributed by atoms with Gasteiger partial charge in [0.1, 0.15) is 6.61 Å². The van der Waals surface area contributed by atoms with Crippen molar-refractivity contribution in [1.29, 1.82) is 0 Å². The Bertz CT molecular complexity index is 448. The zero-order chi connectivity index (χ0) is 13.9. The molecule has 0 unspecified atom stereocenters. The van der Waals surface area contributed by atoms with Crippen LogP contribution in [0.5, 0.6) is 0 Å². The van der Waals surface area contributed by atoms with Gasteiger partial charge in [-0.05, 0) is 17.7 Å². The summed E-state index contributed by atoms with van der Waals surface area (Å²) in [6, 6.07) is 6.24. The summed E-state index contributed by atoms with van der Waals surface area (Å²) in [5.74, 6) is -3.83. The molecular weight excluding hydrogens is 256 g/mol. The summed E-state index contributed by atoms with van der Waals surface area (Å²) in [4.78, 5) is 12.3. The number of hydrogen-bond acceptors (Lipinski definition) is 3. The Labute approximate surface area is 109 Å². The number of carbonyl (C=O) groups is 1. The molecule has 0 bridgehead atoms. The Balaban J connectivity index is 2.01. The van der Waals surface area contributed by atoms with Crippen molar-refractivity contribution in [3.8, 4) is 0 Å². The van der Waals surface area contributed by atoms with E-state index in [1.165, 1.54) is 12.1 Å². The molecular formula is C13H15F2NO3. The van der Waals surface area contributed by atoms with E-state index in [0.29, 0.717) is 13.1 Å². The van der Waals surface area contributed by atoms with Gasteiger partial charge in [-0.2, -0.15) is 0 Å². The van der Waals surface area contributed by atoms with Gasteiger partial charge in [0, 0.05) is 13.1 Å². The normalized spacial score (nSPS) is 19.9. The van der Waals surface area contributed by atoms with Gasteiger partial charge in [-0.25, -0.2) is 13.6 Å². The van der Waals surface area contributed by atoms with E-state index in [1.807, 2.05) is 0 Å². The van der Waals surface area contributed by atoms with E-state index in [0.717, 1.165) is 5.56 Å². The third-order valence-corrected chi connectivity index (χ3v) is 2.93. The summed E-state index contributed by atoms with van der Waals surface area (Å²) in [6.45, 7) is 0.201. The van der Waals surface area contributed by atoms with Crippen molar-refractivity contribution in [3.05, 3.63) is 35.4 Å². The molecule has 0 spiro atoms. The molecule has 104 valence electrons. The van der Waals surface area contributed by atoms with E-state index in [1.54, 1.807) is 17.0 Å². The Kier molecular flexibility index (Phi) is 4.11. The lowest BCUT2D eigenvalue weighted by molar-refractivity contribution is -0.0689. The minimum absolute atomic E-state index is 0.188. The highest BCUT2D eigenvalue weighted by Crippen LogP contribution is 2.20. The molecule has 0 atom stereocenters. The molecule has 1 saturated heterocycles. The van der Waals surface area contributed by atoms with E-state index >= 15 is 0 Å². The smallest absolute Gasteiger partial charge is 0.335 e. The molecule has 2 rings (SSSR count). The Hall–Kier alpha value is -1.53. The molecule has 1 aromatic carbocycles. The van der Waals surface area contributed by atoms with E-state index < -0.39 is 18.5 Å². The van der Waals surface area contributed by atoms with Gasteiger partial charge in [0.25, 0.3) is 5.92 Å². The van der Waals surface area contributed by atoms with Gasteiger partial charge in [-0.1, -0.05) is 12.1 Å². The van der Waals surface area contributed by atoms with Crippen LogP contribution in [0, 0.1) is 0 Å². The molecule has 1 aliphatic heterocycles. The van der Waals surface area contributed by atoms with Crippen LogP contribution in [-0.4, -0.2) is 48.2 Å². The molecule has 6 heteroatoms. The van der Waals surface area contributed by atoms with Gasteiger partial charge in [0.2, 0.25) is 0 Å². The Morgan fingerprint density at radius 2 is 2.05 bits per heavy atom. The summed E-state index contributed by atoms with van der Waals surface area (Å²) >= 11 is 0. The first-order valence-electron chi connectivity index (χ1n) is 5.96. The molecule has 0 aromatic heterocycles. The van der Waals surface area contributed by atoms with Crippen LogP contribution in [-0.2, 0) is 11.3 Å². The SMILES string of the molecule is O=C(O)c1ccc(CN2CCOCC(F)(F)C2)cc1. The van der Waals surface area contributed by atoms with Crippen molar-refractivity contribution >= 4 is 5.97 Å². The fourth-order valence-electron chi connectivity index (χ4n) is 2.01. The maximum Gasteiger partial charge on any atom is 0.335 e. The first-order valence-corrected chi connectivity index (χ1v) is 5.96. The highest BCUT2D eigenvalue weighted by Gasteiger charge is 2.34. The molecule has 1 aliphatic rings. The maximum atomic E-state index is 13.3. The van der Waals surface area contributed by atoms with Crippen LogP contribution in [0.15, 0.2) is 24.3 Å². The second kappa shape index (κ2) is 5.63. The number of benzene rings is 1. The lowest BCUT2D eigenvalue weighted by Gasteiger charge is -2.22. The lowest BCUT2D eigenvalue weighted by Crippen LogP contribution is -2.36. The number of rotatable bonds is 3. The first-order chi connectivity index (χ1) is 8.96. The summed E-state index contributed by atoms with van der Waals surface area (Å²) in [5.41, 5.74) is 0.996. The van der Waals surface area contributed by atoms with Gasteiger partial charge < -0.3 is 9.84 Å². The first kappa shape index (κ1) is 13.9. The van der Waals surface area contributed by atoms with Crippen molar-refractivity contribution in [1.82, 2.24) is 4.90 Å². The van der Waals surface area contributed by atoms with Crippen LogP contribution in [0.2, 0.25) is 0 Å². The fourth-order valence-corrected chi connectivity index (χ4v) is 2.01. The van der Waals surface area contributed by atoms with E-state index in [2.05, 4.69) is 0 Å².